The molecule has 1 aliphatic rings. The molecule has 2 aromatic carbocycles. The number of anilines is 2. The van der Waals surface area contributed by atoms with Crippen molar-refractivity contribution in [2.24, 2.45) is 5.73 Å². The fourth-order valence-corrected chi connectivity index (χ4v) is 2.79. The molecule has 0 spiro atoms. The lowest BCUT2D eigenvalue weighted by Crippen LogP contribution is -2.29. The standard InChI is InChI=1S/C17H18N2/c1-2-16(18)15-12-19(13-8-4-3-5-9-13)17-11-7-6-10-14(15)17/h2-11,15-16H,1,12,18H2. The highest BCUT2D eigenvalue weighted by Crippen LogP contribution is 2.41. The van der Waals surface area contributed by atoms with E-state index in [0.717, 1.165) is 6.54 Å². The molecule has 19 heavy (non-hydrogen) atoms. The van der Waals surface area contributed by atoms with Crippen LogP contribution >= 0.6 is 0 Å². The summed E-state index contributed by atoms with van der Waals surface area (Å²) in [4.78, 5) is 2.34. The average molecular weight is 250 g/mol. The minimum atomic E-state index is -0.00476. The number of rotatable bonds is 3. The Morgan fingerprint density at radius 3 is 2.53 bits per heavy atom. The Labute approximate surface area is 114 Å². The third-order valence-corrected chi connectivity index (χ3v) is 3.81. The Balaban J connectivity index is 2.04. The van der Waals surface area contributed by atoms with Crippen LogP contribution in [0, 0.1) is 0 Å². The molecular weight excluding hydrogens is 232 g/mol. The van der Waals surface area contributed by atoms with Gasteiger partial charge in [0.05, 0.1) is 0 Å². The van der Waals surface area contributed by atoms with Crippen molar-refractivity contribution >= 4 is 11.4 Å². The van der Waals surface area contributed by atoms with Gasteiger partial charge in [-0.1, -0.05) is 42.5 Å². The van der Waals surface area contributed by atoms with E-state index >= 15 is 0 Å². The molecule has 0 radical (unpaired) electrons. The van der Waals surface area contributed by atoms with E-state index in [1.165, 1.54) is 16.9 Å². The van der Waals surface area contributed by atoms with Crippen molar-refractivity contribution in [3.05, 3.63) is 72.8 Å². The molecule has 0 bridgehead atoms. The molecule has 3 rings (SSSR count). The van der Waals surface area contributed by atoms with Crippen LogP contribution < -0.4 is 10.6 Å². The SMILES string of the molecule is C=CC(N)C1CN(c2ccccc2)c2ccccc21. The second kappa shape index (κ2) is 4.90. The zero-order valence-corrected chi connectivity index (χ0v) is 10.9. The maximum absolute atomic E-state index is 6.19. The smallest absolute Gasteiger partial charge is 0.0447 e. The van der Waals surface area contributed by atoms with Crippen LogP contribution in [0.5, 0.6) is 0 Å². The van der Waals surface area contributed by atoms with E-state index < -0.39 is 0 Å². The number of nitrogens with zero attached hydrogens (tertiary/aromatic N) is 1. The van der Waals surface area contributed by atoms with E-state index in [9.17, 15) is 0 Å². The first-order valence-electron chi connectivity index (χ1n) is 6.61. The van der Waals surface area contributed by atoms with Gasteiger partial charge < -0.3 is 10.6 Å². The van der Waals surface area contributed by atoms with Crippen LogP contribution in [0.3, 0.4) is 0 Å². The Hall–Kier alpha value is -2.06. The summed E-state index contributed by atoms with van der Waals surface area (Å²) in [5, 5.41) is 0. The van der Waals surface area contributed by atoms with Gasteiger partial charge in [0.25, 0.3) is 0 Å². The minimum absolute atomic E-state index is 0.00476. The summed E-state index contributed by atoms with van der Waals surface area (Å²) in [5.41, 5.74) is 9.98. The van der Waals surface area contributed by atoms with E-state index in [1.54, 1.807) is 0 Å². The van der Waals surface area contributed by atoms with Gasteiger partial charge in [0.2, 0.25) is 0 Å². The van der Waals surface area contributed by atoms with Gasteiger partial charge in [0.1, 0.15) is 0 Å². The van der Waals surface area contributed by atoms with E-state index in [-0.39, 0.29) is 6.04 Å². The molecule has 2 N–H and O–H groups in total. The van der Waals surface area contributed by atoms with Crippen LogP contribution in [-0.4, -0.2) is 12.6 Å². The van der Waals surface area contributed by atoms with Gasteiger partial charge in [-0.3, -0.25) is 0 Å². The predicted octanol–water partition coefficient (Wildman–Crippen LogP) is 3.44. The zero-order valence-electron chi connectivity index (χ0n) is 10.9. The summed E-state index contributed by atoms with van der Waals surface area (Å²) >= 11 is 0. The van der Waals surface area contributed by atoms with Crippen LogP contribution in [0.1, 0.15) is 11.5 Å². The number of nitrogens with two attached hydrogens (primary N) is 1. The first-order chi connectivity index (χ1) is 9.31. The molecule has 0 fully saturated rings. The number of benzene rings is 2. The molecule has 2 nitrogen and oxygen atoms in total. The highest BCUT2D eigenvalue weighted by Gasteiger charge is 2.31. The van der Waals surface area contributed by atoms with Crippen molar-refractivity contribution in [1.29, 1.82) is 0 Å². The molecule has 0 saturated carbocycles. The highest BCUT2D eigenvalue weighted by atomic mass is 15.2. The van der Waals surface area contributed by atoms with E-state index in [2.05, 4.69) is 60.0 Å². The maximum atomic E-state index is 6.19. The predicted molar refractivity (Wildman–Crippen MR) is 80.8 cm³/mol. The quantitative estimate of drug-likeness (QED) is 0.846. The van der Waals surface area contributed by atoms with Crippen molar-refractivity contribution in [3.8, 4) is 0 Å². The van der Waals surface area contributed by atoms with Gasteiger partial charge in [-0.15, -0.1) is 6.58 Å². The van der Waals surface area contributed by atoms with Crippen molar-refractivity contribution in [3.63, 3.8) is 0 Å². The van der Waals surface area contributed by atoms with Gasteiger partial charge in [0.15, 0.2) is 0 Å². The molecule has 0 saturated heterocycles. The van der Waals surface area contributed by atoms with Gasteiger partial charge in [0, 0.05) is 29.9 Å². The molecule has 1 heterocycles. The van der Waals surface area contributed by atoms with Crippen LogP contribution in [0.2, 0.25) is 0 Å². The lowest BCUT2D eigenvalue weighted by atomic mass is 9.94. The van der Waals surface area contributed by atoms with E-state index in [4.69, 9.17) is 5.73 Å². The topological polar surface area (TPSA) is 29.3 Å². The summed E-state index contributed by atoms with van der Waals surface area (Å²) in [6.07, 6.45) is 1.84. The van der Waals surface area contributed by atoms with Crippen molar-refractivity contribution in [2.75, 3.05) is 11.4 Å². The van der Waals surface area contributed by atoms with Crippen LogP contribution in [0.15, 0.2) is 67.3 Å². The number of hydrogen-bond acceptors (Lipinski definition) is 2. The maximum Gasteiger partial charge on any atom is 0.0447 e. The minimum Gasteiger partial charge on any atom is -0.341 e. The fourth-order valence-electron chi connectivity index (χ4n) is 2.79. The summed E-state index contributed by atoms with van der Waals surface area (Å²) in [6, 6.07) is 18.9. The first kappa shape index (κ1) is 12.0. The van der Waals surface area contributed by atoms with E-state index in [0.29, 0.717) is 5.92 Å². The monoisotopic (exact) mass is 250 g/mol. The van der Waals surface area contributed by atoms with Crippen molar-refractivity contribution < 1.29 is 0 Å². The van der Waals surface area contributed by atoms with Crippen LogP contribution in [0.4, 0.5) is 11.4 Å². The third kappa shape index (κ3) is 2.04. The summed E-state index contributed by atoms with van der Waals surface area (Å²) in [6.45, 7) is 4.75. The summed E-state index contributed by atoms with van der Waals surface area (Å²) < 4.78 is 0. The largest absolute Gasteiger partial charge is 0.341 e. The molecule has 0 aliphatic carbocycles. The van der Waals surface area contributed by atoms with Crippen molar-refractivity contribution in [2.45, 2.75) is 12.0 Å². The lowest BCUT2D eigenvalue weighted by molar-refractivity contribution is 0.645. The molecule has 0 aromatic heterocycles. The van der Waals surface area contributed by atoms with Gasteiger partial charge in [-0.2, -0.15) is 0 Å². The molecule has 1 aliphatic heterocycles. The number of para-hydroxylation sites is 2. The Morgan fingerprint density at radius 2 is 1.79 bits per heavy atom. The Morgan fingerprint density at radius 1 is 1.11 bits per heavy atom. The molecule has 2 heteroatoms. The van der Waals surface area contributed by atoms with Crippen molar-refractivity contribution in [1.82, 2.24) is 0 Å². The van der Waals surface area contributed by atoms with Gasteiger partial charge in [-0.25, -0.2) is 0 Å². The number of fused-ring (bicyclic) bond motifs is 1. The van der Waals surface area contributed by atoms with Crippen LogP contribution in [0.25, 0.3) is 0 Å². The Kier molecular flexibility index (Phi) is 3.10. The fraction of sp³-hybridized carbons (Fsp3) is 0.176. The lowest BCUT2D eigenvalue weighted by Gasteiger charge is -2.21. The van der Waals surface area contributed by atoms with Gasteiger partial charge in [-0.05, 0) is 23.8 Å². The molecule has 2 atom stereocenters. The summed E-state index contributed by atoms with van der Waals surface area (Å²) in [5.74, 6) is 0.314. The molecule has 2 aromatic rings. The second-order valence-corrected chi connectivity index (χ2v) is 4.92. The Bertz CT molecular complexity index is 577. The summed E-state index contributed by atoms with van der Waals surface area (Å²) in [7, 11) is 0. The van der Waals surface area contributed by atoms with Gasteiger partial charge >= 0.3 is 0 Å². The first-order valence-corrected chi connectivity index (χ1v) is 6.61. The molecule has 2 unspecified atom stereocenters. The highest BCUT2D eigenvalue weighted by molar-refractivity contribution is 5.71. The van der Waals surface area contributed by atoms with Crippen LogP contribution in [-0.2, 0) is 0 Å². The molecule has 96 valence electrons. The normalized spacial score (nSPS) is 19.0. The second-order valence-electron chi connectivity index (χ2n) is 4.92. The third-order valence-electron chi connectivity index (χ3n) is 3.81. The number of hydrogen-bond donors (Lipinski definition) is 1. The molecule has 0 amide bonds. The average Bonchev–Trinajstić information content (AvgIpc) is 2.87. The molecular formula is C17H18N2. The zero-order chi connectivity index (χ0) is 13.2. The van der Waals surface area contributed by atoms with E-state index in [1.807, 2.05) is 12.1 Å².